The van der Waals surface area contributed by atoms with E-state index >= 15 is 0 Å². The van der Waals surface area contributed by atoms with Gasteiger partial charge >= 0.3 is 11.9 Å². The van der Waals surface area contributed by atoms with Crippen molar-refractivity contribution in [3.05, 3.63) is 294 Å². The fourth-order valence-corrected chi connectivity index (χ4v) is 7.74. The molecule has 10 rings (SSSR count). The van der Waals surface area contributed by atoms with E-state index in [2.05, 4.69) is 48.5 Å². The minimum absolute atomic E-state index is 0. The second kappa shape index (κ2) is 70.3. The van der Waals surface area contributed by atoms with E-state index < -0.39 is 28.6 Å². The number of carboxylic acid groups (broad SMARTS) is 2. The number of anilines is 1. The Morgan fingerprint density at radius 1 is 0.514 bits per heavy atom. The van der Waals surface area contributed by atoms with Crippen LogP contribution in [0.25, 0.3) is 21.8 Å². The largest absolute Gasteiger partial charge is 0.478 e. The number of H-pyrrole nitrogens is 1. The van der Waals surface area contributed by atoms with Gasteiger partial charge < -0.3 is 26.4 Å². The van der Waals surface area contributed by atoms with E-state index in [0.29, 0.717) is 34.1 Å². The van der Waals surface area contributed by atoms with Crippen molar-refractivity contribution in [3.63, 3.8) is 0 Å². The summed E-state index contributed by atoms with van der Waals surface area (Å²) in [7, 11) is 3.61. The number of rotatable bonds is 6. The number of aromatic carboxylic acids is 2. The summed E-state index contributed by atoms with van der Waals surface area (Å²) in [4.78, 5) is 62.0. The Morgan fingerprint density at radius 2 is 0.867 bits per heavy atom. The SMILES string of the molecule is C=C.CC.CC.CC.CC.CC.CC.CC.CC.Cc1cccc(C(=O)O)c1.Cc1cccc(C(=O)O)c1[N+](=O)[O-].Cc1cccc(C)c1F.Cc1cccc(C)c1N.Cc1cccc(C)c1[N+](=O)[O-].Cc1cccc(C=O)c1F.Cc1cccc2cn[nH]c12.[CH2-]n1cc2cccc(C(N)=O)c2n1.[W].[Y]. The zero-order valence-electron chi connectivity index (χ0n) is 67.1. The summed E-state index contributed by atoms with van der Waals surface area (Å²) in [5, 5.41) is 51.0. The molecule has 0 spiro atoms. The molecule has 0 saturated heterocycles. The molecule has 105 heavy (non-hydrogen) atoms. The van der Waals surface area contributed by atoms with Crippen molar-refractivity contribution in [2.24, 2.45) is 5.73 Å². The Labute approximate surface area is 665 Å². The quantitative estimate of drug-likeness (QED) is 0.0259. The number of nitro groups is 2. The number of nitro benzene ring substituents is 2. The Bertz CT molecular complexity index is 3880. The molecule has 10 aromatic rings. The first-order valence-electron chi connectivity index (χ1n) is 34.3. The number of carboxylic acids is 2. The standard InChI is InChI=1S/C9H8N3O.C8H7FO.C8H9F.C8H8N2.C8H7NO4.C8H9NO2.C8H11N.C8H8O2.8C2H6.C2H4.W.Y/c1-12-5-6-3-2-4-7(9(10)13)8(6)11-12;1-6-3-2-4-7(5-10)8(6)9;1-6-4-3-5-7(2)8(6)9;1-6-3-2-4-7-5-9-10-8(6)7;1-5-3-2-4-6(8(10)11)7(5)9(12)13;1-6-4-3-5-7(2)8(6)9(10)11;1-6-4-3-5-7(2)8(6)9;1-6-3-2-4-7(5-6)8(9)10;9*1-2;;/h2-5H,1H2,(H2,10,13);2-5H,1H3;3-5H,1-2H3;2-5H,1H3,(H,9,10);2-4H,1H3,(H,10,11);3-5H,1-2H3;3-5H,9H2,1-2H3;2-5H,1H3,(H,9,10);8*1-2H3;1-2H2;;/q-1;;;;;;;;;;;;;;;;;;. The molecule has 2 heterocycles. The van der Waals surface area contributed by atoms with Gasteiger partial charge in [0.25, 0.3) is 17.3 Å². The van der Waals surface area contributed by atoms with Crippen LogP contribution < -0.4 is 11.5 Å². The monoisotopic (exact) mass is 1700 g/mol. The van der Waals surface area contributed by atoms with Crippen molar-refractivity contribution in [1.82, 2.24) is 20.0 Å². The summed E-state index contributed by atoms with van der Waals surface area (Å²) in [6.45, 7) is 56.1. The number of aryl methyl sites for hydroxylation is 10. The number of benzene rings is 8. The molecule has 0 atom stereocenters. The first-order valence-corrected chi connectivity index (χ1v) is 34.3. The van der Waals surface area contributed by atoms with Gasteiger partial charge in [-0.3, -0.25) is 34.9 Å². The molecule has 1 amide bonds. The first kappa shape index (κ1) is 114. The summed E-state index contributed by atoms with van der Waals surface area (Å²) in [5.74, 6) is -3.13. The Kier molecular flexibility index (Phi) is 76.4. The number of aldehydes is 1. The fraction of sp³-hybridized carbons (Fsp3) is 0.313. The van der Waals surface area contributed by atoms with E-state index in [1.807, 2.05) is 192 Å². The van der Waals surface area contributed by atoms with Crippen LogP contribution in [0, 0.1) is 108 Å². The van der Waals surface area contributed by atoms with Crippen molar-refractivity contribution in [1.29, 1.82) is 0 Å². The number of aromatic nitrogens is 4. The topological polar surface area (TPSA) is 294 Å². The Morgan fingerprint density at radius 3 is 1.21 bits per heavy atom. The molecule has 575 valence electrons. The minimum Gasteiger partial charge on any atom is -0.478 e. The maximum absolute atomic E-state index is 12.8. The summed E-state index contributed by atoms with van der Waals surface area (Å²) in [6.07, 6.45) is 4.09. The zero-order valence-corrected chi connectivity index (χ0v) is 72.9. The van der Waals surface area contributed by atoms with Crippen LogP contribution in [0.2, 0.25) is 0 Å². The number of nitrogens with two attached hydrogens (primary N) is 2. The smallest absolute Gasteiger partial charge is 0.342 e. The number of para-hydroxylation sites is 4. The molecule has 1 radical (unpaired) electrons. The van der Waals surface area contributed by atoms with Gasteiger partial charge in [-0.25, -0.2) is 23.5 Å². The molecule has 0 bridgehead atoms. The average molecular weight is 1700 g/mol. The number of aromatic amines is 1. The maximum Gasteiger partial charge on any atom is 0.342 e. The molecule has 0 unspecified atom stereocenters. The molecule has 22 heteroatoms. The van der Waals surface area contributed by atoms with E-state index in [0.717, 1.165) is 55.5 Å². The van der Waals surface area contributed by atoms with Crippen molar-refractivity contribution in [3.8, 4) is 0 Å². The molecule has 7 N–H and O–H groups in total. The maximum atomic E-state index is 12.8. The third-order valence-corrected chi connectivity index (χ3v) is 12.3. The van der Waals surface area contributed by atoms with E-state index in [-0.39, 0.29) is 87.0 Å². The van der Waals surface area contributed by atoms with Crippen LogP contribution in [0.5, 0.6) is 0 Å². The van der Waals surface area contributed by atoms with Gasteiger partial charge in [0.2, 0.25) is 0 Å². The van der Waals surface area contributed by atoms with Crippen LogP contribution in [0.1, 0.15) is 208 Å². The second-order valence-electron chi connectivity index (χ2n) is 19.0. The van der Waals surface area contributed by atoms with E-state index in [1.165, 1.54) is 46.8 Å². The number of carbonyl (C=O) groups excluding carboxylic acids is 2. The van der Waals surface area contributed by atoms with Crippen molar-refractivity contribution in [2.45, 2.75) is 180 Å². The molecule has 8 aromatic carbocycles. The molecular formula is C83H119F2N8O10WY-. The Balaban J connectivity index is -0.000000139. The van der Waals surface area contributed by atoms with Gasteiger partial charge in [0.1, 0.15) is 17.2 Å². The number of hydrogen-bond acceptors (Lipinski definition) is 11. The number of fused-ring (bicyclic) bond motifs is 2. The van der Waals surface area contributed by atoms with Crippen LogP contribution in [-0.2, 0) is 53.8 Å². The van der Waals surface area contributed by atoms with Crippen LogP contribution in [0.15, 0.2) is 177 Å². The summed E-state index contributed by atoms with van der Waals surface area (Å²) in [6, 6.07) is 43.9. The number of primary amides is 1. The first-order chi connectivity index (χ1) is 49.1. The average Bonchev–Trinajstić information content (AvgIpc) is 1.78. The van der Waals surface area contributed by atoms with Crippen molar-refractivity contribution >= 4 is 63.0 Å². The number of hydrogen-bond donors (Lipinski definition) is 5. The molecule has 0 aliphatic rings. The molecule has 0 aliphatic heterocycles. The van der Waals surface area contributed by atoms with E-state index in [9.17, 15) is 48.2 Å². The van der Waals surface area contributed by atoms with Gasteiger partial charge in [-0.15, -0.1) is 19.4 Å². The summed E-state index contributed by atoms with van der Waals surface area (Å²) in [5.41, 5.74) is 22.3. The van der Waals surface area contributed by atoms with Crippen LogP contribution in [0.3, 0.4) is 0 Å². The normalized spacial score (nSPS) is 8.42. The van der Waals surface area contributed by atoms with E-state index in [1.54, 1.807) is 108 Å². The number of amides is 1. The van der Waals surface area contributed by atoms with Crippen molar-refractivity contribution in [2.75, 3.05) is 5.73 Å². The van der Waals surface area contributed by atoms with Crippen LogP contribution in [-0.4, -0.2) is 64.2 Å². The molecule has 0 aliphatic carbocycles. The van der Waals surface area contributed by atoms with E-state index in [4.69, 9.17) is 21.7 Å². The molecular weight excluding hydrogens is 1580 g/mol. The molecule has 2 aromatic heterocycles. The Hall–Kier alpha value is -9.36. The van der Waals surface area contributed by atoms with Gasteiger partial charge in [-0.2, -0.15) is 12.1 Å². The fourth-order valence-electron chi connectivity index (χ4n) is 7.74. The summed E-state index contributed by atoms with van der Waals surface area (Å²) < 4.78 is 26.9. The van der Waals surface area contributed by atoms with Crippen LogP contribution >= 0.6 is 0 Å². The van der Waals surface area contributed by atoms with Gasteiger partial charge in [0.15, 0.2) is 6.29 Å². The number of nitrogens with zero attached hydrogens (tertiary/aromatic N) is 5. The summed E-state index contributed by atoms with van der Waals surface area (Å²) >= 11 is 0. The van der Waals surface area contributed by atoms with Gasteiger partial charge in [0, 0.05) is 81.5 Å². The number of halogens is 2. The second-order valence-corrected chi connectivity index (χ2v) is 19.0. The number of nitrogens with one attached hydrogen (secondary N) is 1. The molecule has 0 saturated carbocycles. The third kappa shape index (κ3) is 44.8. The van der Waals surface area contributed by atoms with Gasteiger partial charge in [-0.1, -0.05) is 243 Å². The molecule has 0 fully saturated rings. The van der Waals surface area contributed by atoms with Crippen molar-refractivity contribution < 1.29 is 102 Å². The van der Waals surface area contributed by atoms with Gasteiger partial charge in [0.05, 0.1) is 43.8 Å². The zero-order chi connectivity index (χ0) is 81.7. The number of nitrogen functional groups attached to an aromatic ring is 1. The third-order valence-electron chi connectivity index (χ3n) is 12.3. The predicted octanol–water partition coefficient (Wildman–Crippen LogP) is 23.4. The number of carbonyl (C=O) groups is 4. The predicted molar refractivity (Wildman–Crippen MR) is 430 cm³/mol. The molecule has 18 nitrogen and oxygen atoms in total. The van der Waals surface area contributed by atoms with Gasteiger partial charge in [-0.05, 0) is 133 Å². The van der Waals surface area contributed by atoms with Crippen LogP contribution in [0.4, 0.5) is 25.8 Å². The minimum atomic E-state index is -1.28.